The molecule has 0 spiro atoms. The Kier molecular flexibility index (Phi) is 4.56. The van der Waals surface area contributed by atoms with Crippen molar-refractivity contribution in [2.24, 2.45) is 0 Å². The van der Waals surface area contributed by atoms with E-state index in [4.69, 9.17) is 4.74 Å². The number of benzene rings is 2. The molecule has 0 saturated heterocycles. The van der Waals surface area contributed by atoms with Crippen LogP contribution in [0.15, 0.2) is 46.9 Å². The van der Waals surface area contributed by atoms with Gasteiger partial charge in [-0.3, -0.25) is 0 Å². The Morgan fingerprint density at radius 3 is 2.57 bits per heavy atom. The van der Waals surface area contributed by atoms with E-state index in [0.717, 1.165) is 15.6 Å². The first-order valence-electron chi connectivity index (χ1n) is 7.09. The molecule has 4 heteroatoms. The topological polar surface area (TPSA) is 21.3 Å². The van der Waals surface area contributed by atoms with Crippen molar-refractivity contribution < 1.29 is 9.13 Å². The summed E-state index contributed by atoms with van der Waals surface area (Å²) < 4.78 is 20.4. The van der Waals surface area contributed by atoms with Crippen LogP contribution in [0, 0.1) is 5.82 Å². The molecule has 2 nitrogen and oxygen atoms in total. The van der Waals surface area contributed by atoms with Gasteiger partial charge in [0.15, 0.2) is 0 Å². The van der Waals surface area contributed by atoms with Gasteiger partial charge >= 0.3 is 0 Å². The van der Waals surface area contributed by atoms with Gasteiger partial charge in [-0.25, -0.2) is 4.39 Å². The summed E-state index contributed by atoms with van der Waals surface area (Å²) >= 11 is 3.40. The highest BCUT2D eigenvalue weighted by Gasteiger charge is 2.20. The van der Waals surface area contributed by atoms with Crippen molar-refractivity contribution in [3.8, 4) is 5.75 Å². The second-order valence-corrected chi connectivity index (χ2v) is 6.28. The molecule has 1 aliphatic rings. The van der Waals surface area contributed by atoms with Gasteiger partial charge in [-0.2, -0.15) is 0 Å². The second kappa shape index (κ2) is 6.58. The normalized spacial score (nSPS) is 14.2. The van der Waals surface area contributed by atoms with Crippen molar-refractivity contribution in [2.45, 2.75) is 32.0 Å². The Bertz CT molecular complexity index is 611. The summed E-state index contributed by atoms with van der Waals surface area (Å²) in [7, 11) is 0. The van der Waals surface area contributed by atoms with Gasteiger partial charge in [-0.05, 0) is 48.2 Å². The molecule has 21 heavy (non-hydrogen) atoms. The monoisotopic (exact) mass is 349 g/mol. The van der Waals surface area contributed by atoms with Gasteiger partial charge in [0.25, 0.3) is 0 Å². The molecule has 1 aliphatic carbocycles. The predicted octanol–water partition coefficient (Wildman–Crippen LogP) is 4.42. The number of hydrogen-bond acceptors (Lipinski definition) is 2. The lowest BCUT2D eigenvalue weighted by Crippen LogP contribution is -2.15. The quantitative estimate of drug-likeness (QED) is 0.833. The van der Waals surface area contributed by atoms with Crippen LogP contribution >= 0.6 is 15.9 Å². The van der Waals surface area contributed by atoms with Crippen molar-refractivity contribution >= 4 is 15.9 Å². The van der Waals surface area contributed by atoms with Crippen LogP contribution in [0.25, 0.3) is 0 Å². The molecule has 110 valence electrons. The summed E-state index contributed by atoms with van der Waals surface area (Å²) in [4.78, 5) is 0. The zero-order chi connectivity index (χ0) is 14.7. The third kappa shape index (κ3) is 4.55. The maximum atomic E-state index is 13.6. The number of rotatable bonds is 6. The fourth-order valence-electron chi connectivity index (χ4n) is 2.10. The van der Waals surface area contributed by atoms with Gasteiger partial charge in [-0.1, -0.05) is 28.1 Å². The smallest absolute Gasteiger partial charge is 0.127 e. The van der Waals surface area contributed by atoms with Gasteiger partial charge in [0, 0.05) is 23.1 Å². The van der Waals surface area contributed by atoms with E-state index in [1.54, 1.807) is 6.07 Å². The molecule has 0 bridgehead atoms. The molecular weight excluding hydrogens is 333 g/mol. The molecule has 0 aliphatic heterocycles. The minimum atomic E-state index is -0.254. The summed E-state index contributed by atoms with van der Waals surface area (Å²) in [6.45, 7) is 1.13. The third-order valence-corrected chi connectivity index (χ3v) is 3.95. The lowest BCUT2D eigenvalue weighted by atomic mass is 10.2. The third-order valence-electron chi connectivity index (χ3n) is 3.42. The highest BCUT2D eigenvalue weighted by Crippen LogP contribution is 2.22. The van der Waals surface area contributed by atoms with E-state index in [1.807, 2.05) is 30.3 Å². The Morgan fingerprint density at radius 1 is 1.10 bits per heavy atom. The van der Waals surface area contributed by atoms with Crippen LogP contribution in [0.2, 0.25) is 0 Å². The standard InChI is InChI=1S/C17H17BrFNO/c18-14-3-1-12(2-4-14)11-21-17-8-13(7-15(19)9-17)10-20-16-5-6-16/h1-4,7-9,16,20H,5-6,10-11H2. The average molecular weight is 350 g/mol. The summed E-state index contributed by atoms with van der Waals surface area (Å²) in [6.07, 6.45) is 2.45. The number of ether oxygens (including phenoxy) is 1. The van der Waals surface area contributed by atoms with E-state index in [0.29, 0.717) is 24.9 Å². The van der Waals surface area contributed by atoms with Crippen LogP contribution in [0.3, 0.4) is 0 Å². The second-order valence-electron chi connectivity index (χ2n) is 5.37. The van der Waals surface area contributed by atoms with E-state index in [1.165, 1.54) is 18.9 Å². The number of halogens is 2. The number of hydrogen-bond donors (Lipinski definition) is 1. The zero-order valence-corrected chi connectivity index (χ0v) is 13.2. The summed E-state index contributed by atoms with van der Waals surface area (Å²) in [6, 6.07) is 13.4. The van der Waals surface area contributed by atoms with Crippen LogP contribution in [0.4, 0.5) is 4.39 Å². The first-order chi connectivity index (χ1) is 10.2. The largest absolute Gasteiger partial charge is 0.489 e. The van der Waals surface area contributed by atoms with Gasteiger partial charge in [-0.15, -0.1) is 0 Å². The fourth-order valence-corrected chi connectivity index (χ4v) is 2.37. The Hall–Kier alpha value is -1.39. The molecule has 2 aromatic rings. The summed E-state index contributed by atoms with van der Waals surface area (Å²) in [5.41, 5.74) is 1.98. The molecule has 0 aromatic heterocycles. The fraction of sp³-hybridized carbons (Fsp3) is 0.294. The van der Waals surface area contributed by atoms with Crippen molar-refractivity contribution in [3.05, 3.63) is 63.9 Å². The van der Waals surface area contributed by atoms with Crippen molar-refractivity contribution in [2.75, 3.05) is 0 Å². The summed E-state index contributed by atoms with van der Waals surface area (Å²) in [5, 5.41) is 3.38. The lowest BCUT2D eigenvalue weighted by Gasteiger charge is -2.09. The average Bonchev–Trinajstić information content (AvgIpc) is 3.28. The van der Waals surface area contributed by atoms with Gasteiger partial charge < -0.3 is 10.1 Å². The Morgan fingerprint density at radius 2 is 1.86 bits per heavy atom. The van der Waals surface area contributed by atoms with E-state index >= 15 is 0 Å². The molecule has 0 unspecified atom stereocenters. The molecular formula is C17H17BrFNO. The molecule has 0 atom stereocenters. The first kappa shape index (κ1) is 14.5. The minimum Gasteiger partial charge on any atom is -0.489 e. The lowest BCUT2D eigenvalue weighted by molar-refractivity contribution is 0.304. The highest BCUT2D eigenvalue weighted by molar-refractivity contribution is 9.10. The Labute approximate surface area is 132 Å². The van der Waals surface area contributed by atoms with Crippen LogP contribution in [0.1, 0.15) is 24.0 Å². The highest BCUT2D eigenvalue weighted by atomic mass is 79.9. The predicted molar refractivity (Wildman–Crippen MR) is 84.7 cm³/mol. The minimum absolute atomic E-state index is 0.254. The Balaban J connectivity index is 1.62. The number of nitrogens with one attached hydrogen (secondary N) is 1. The molecule has 1 N–H and O–H groups in total. The van der Waals surface area contributed by atoms with Crippen molar-refractivity contribution in [3.63, 3.8) is 0 Å². The SMILES string of the molecule is Fc1cc(CNC2CC2)cc(OCc2ccc(Br)cc2)c1. The van der Waals surface area contributed by atoms with E-state index < -0.39 is 0 Å². The zero-order valence-electron chi connectivity index (χ0n) is 11.6. The molecule has 1 fully saturated rings. The summed E-state index contributed by atoms with van der Waals surface area (Å²) in [5.74, 6) is 0.321. The van der Waals surface area contributed by atoms with Gasteiger partial charge in [0.1, 0.15) is 18.2 Å². The molecule has 0 heterocycles. The maximum Gasteiger partial charge on any atom is 0.127 e. The van der Waals surface area contributed by atoms with Gasteiger partial charge in [0.05, 0.1) is 0 Å². The van der Waals surface area contributed by atoms with Crippen LogP contribution in [-0.2, 0) is 13.2 Å². The van der Waals surface area contributed by atoms with Crippen LogP contribution in [-0.4, -0.2) is 6.04 Å². The van der Waals surface area contributed by atoms with Crippen LogP contribution in [0.5, 0.6) is 5.75 Å². The van der Waals surface area contributed by atoms with Crippen molar-refractivity contribution in [1.82, 2.24) is 5.32 Å². The van der Waals surface area contributed by atoms with E-state index in [-0.39, 0.29) is 5.82 Å². The maximum absolute atomic E-state index is 13.6. The molecule has 2 aromatic carbocycles. The molecule has 0 amide bonds. The molecule has 0 radical (unpaired) electrons. The van der Waals surface area contributed by atoms with Gasteiger partial charge in [0.2, 0.25) is 0 Å². The van der Waals surface area contributed by atoms with Crippen molar-refractivity contribution in [1.29, 1.82) is 0 Å². The first-order valence-corrected chi connectivity index (χ1v) is 7.88. The molecule has 1 saturated carbocycles. The van der Waals surface area contributed by atoms with Crippen LogP contribution < -0.4 is 10.1 Å². The van der Waals surface area contributed by atoms with E-state index in [9.17, 15) is 4.39 Å². The van der Waals surface area contributed by atoms with E-state index in [2.05, 4.69) is 21.2 Å². The molecule has 3 rings (SSSR count).